The number of oxazole rings is 1. The summed E-state index contributed by atoms with van der Waals surface area (Å²) in [6.45, 7) is 4.33. The number of ether oxygens (including phenoxy) is 1. The van der Waals surface area contributed by atoms with Gasteiger partial charge in [0.1, 0.15) is 11.5 Å². The minimum atomic E-state index is -0.845. The highest BCUT2D eigenvalue weighted by molar-refractivity contribution is 7.09. The van der Waals surface area contributed by atoms with Gasteiger partial charge in [0.15, 0.2) is 0 Å². The Morgan fingerprint density at radius 1 is 1.35 bits per heavy atom. The molecule has 1 aromatic carbocycles. The van der Waals surface area contributed by atoms with E-state index in [1.165, 1.54) is 0 Å². The Balaban J connectivity index is 1.34. The van der Waals surface area contributed by atoms with Crippen molar-refractivity contribution >= 4 is 11.3 Å². The molecule has 3 aromatic rings. The molecular formula is C23H28N2O5S. The molecule has 2 aromatic heterocycles. The second kappa shape index (κ2) is 9.38. The van der Waals surface area contributed by atoms with Crippen LogP contribution >= 0.6 is 11.3 Å². The number of aromatic nitrogens is 2. The zero-order valence-electron chi connectivity index (χ0n) is 17.8. The van der Waals surface area contributed by atoms with Gasteiger partial charge < -0.3 is 19.4 Å². The highest BCUT2D eigenvalue weighted by atomic mass is 32.1. The van der Waals surface area contributed by atoms with Crippen LogP contribution in [0.1, 0.15) is 60.1 Å². The van der Waals surface area contributed by atoms with Crippen molar-refractivity contribution in [1.29, 1.82) is 0 Å². The van der Waals surface area contributed by atoms with Crippen molar-refractivity contribution in [1.82, 2.24) is 9.97 Å². The van der Waals surface area contributed by atoms with Crippen LogP contribution in [0.25, 0.3) is 11.5 Å². The molecule has 1 saturated carbocycles. The summed E-state index contributed by atoms with van der Waals surface area (Å²) in [4.78, 5) is 18.3. The van der Waals surface area contributed by atoms with Crippen LogP contribution < -0.4 is 4.87 Å². The van der Waals surface area contributed by atoms with Crippen molar-refractivity contribution in [2.24, 2.45) is 5.92 Å². The summed E-state index contributed by atoms with van der Waals surface area (Å²) in [5.41, 5.74) is 2.92. The van der Waals surface area contributed by atoms with Gasteiger partial charge in [0, 0.05) is 5.56 Å². The van der Waals surface area contributed by atoms with Gasteiger partial charge in [0.05, 0.1) is 23.7 Å². The van der Waals surface area contributed by atoms with Gasteiger partial charge in [-0.25, -0.2) is 4.98 Å². The fraction of sp³-hybridized carbons (Fsp3) is 0.478. The maximum absolute atomic E-state index is 11.4. The summed E-state index contributed by atoms with van der Waals surface area (Å²) in [5.74, 6) is 1.41. The van der Waals surface area contributed by atoms with E-state index in [0.29, 0.717) is 23.8 Å². The first-order chi connectivity index (χ1) is 14.9. The fourth-order valence-corrected chi connectivity index (χ4v) is 4.98. The second-order valence-electron chi connectivity index (χ2n) is 8.34. The van der Waals surface area contributed by atoms with E-state index < -0.39 is 6.10 Å². The number of aliphatic hydroxyl groups excluding tert-OH is 1. The minimum Gasteiger partial charge on any atom is -0.494 e. The molecule has 1 aliphatic rings. The predicted octanol–water partition coefficient (Wildman–Crippen LogP) is 4.61. The molecule has 166 valence electrons. The molecule has 0 spiro atoms. The van der Waals surface area contributed by atoms with Crippen LogP contribution in [0.2, 0.25) is 0 Å². The first kappa shape index (κ1) is 21.8. The van der Waals surface area contributed by atoms with Crippen molar-refractivity contribution in [2.75, 3.05) is 0 Å². The van der Waals surface area contributed by atoms with Crippen molar-refractivity contribution in [3.63, 3.8) is 0 Å². The second-order valence-corrected chi connectivity index (χ2v) is 9.35. The Bertz CT molecular complexity index is 1090. The van der Waals surface area contributed by atoms with Gasteiger partial charge in [0.25, 0.3) is 0 Å². The fourth-order valence-electron chi connectivity index (χ4n) is 4.25. The lowest BCUT2D eigenvalue weighted by Crippen LogP contribution is -2.24. The third-order valence-corrected chi connectivity index (χ3v) is 6.84. The van der Waals surface area contributed by atoms with Crippen molar-refractivity contribution < 1.29 is 19.4 Å². The smallest absolute Gasteiger partial charge is 0.307 e. The van der Waals surface area contributed by atoms with Crippen molar-refractivity contribution in [2.45, 2.75) is 64.8 Å². The molecule has 0 amide bonds. The molecule has 3 unspecified atom stereocenters. The summed E-state index contributed by atoms with van der Waals surface area (Å²) >= 11 is 0.861. The van der Waals surface area contributed by atoms with Gasteiger partial charge in [-0.2, -0.15) is 0 Å². The van der Waals surface area contributed by atoms with E-state index in [2.05, 4.69) is 9.97 Å². The number of rotatable bonds is 7. The average Bonchev–Trinajstić information content (AvgIpc) is 3.28. The highest BCUT2D eigenvalue weighted by Gasteiger charge is 2.27. The molecule has 7 nitrogen and oxygen atoms in total. The normalized spacial score (nSPS) is 20.1. The number of nitrogens with one attached hydrogen (secondary N) is 1. The third kappa shape index (κ3) is 5.26. The Morgan fingerprint density at radius 3 is 2.94 bits per heavy atom. The van der Waals surface area contributed by atoms with Gasteiger partial charge in [0.2, 0.25) is 11.8 Å². The summed E-state index contributed by atoms with van der Waals surface area (Å²) in [5, 5.41) is 20.2. The lowest BCUT2D eigenvalue weighted by molar-refractivity contribution is -0.00718. The quantitative estimate of drug-likeness (QED) is 0.491. The number of hydrogen-bond acceptors (Lipinski definition) is 7. The first-order valence-electron chi connectivity index (χ1n) is 10.6. The molecule has 4 rings (SSSR count). The van der Waals surface area contributed by atoms with Crippen LogP contribution in [-0.2, 0) is 11.3 Å². The molecule has 31 heavy (non-hydrogen) atoms. The first-order valence-corrected chi connectivity index (χ1v) is 11.5. The topological polar surface area (TPSA) is 109 Å². The van der Waals surface area contributed by atoms with Crippen LogP contribution in [0.15, 0.2) is 33.5 Å². The van der Waals surface area contributed by atoms with Gasteiger partial charge >= 0.3 is 4.87 Å². The number of nitrogens with zero attached hydrogens (tertiary/aromatic N) is 1. The van der Waals surface area contributed by atoms with Gasteiger partial charge in [-0.15, -0.1) is 0 Å². The Morgan fingerprint density at radius 2 is 2.19 bits per heavy atom. The Kier molecular flexibility index (Phi) is 6.60. The summed E-state index contributed by atoms with van der Waals surface area (Å²) in [6, 6.07) is 8.06. The average molecular weight is 445 g/mol. The minimum absolute atomic E-state index is 0.0861. The zero-order valence-corrected chi connectivity index (χ0v) is 18.6. The lowest BCUT2D eigenvalue weighted by atomic mass is 9.83. The maximum Gasteiger partial charge on any atom is 0.307 e. The summed E-state index contributed by atoms with van der Waals surface area (Å²) in [7, 11) is 0. The van der Waals surface area contributed by atoms with E-state index in [9.17, 15) is 15.0 Å². The van der Waals surface area contributed by atoms with Crippen LogP contribution in [0.5, 0.6) is 5.88 Å². The zero-order chi connectivity index (χ0) is 22.0. The molecule has 0 saturated heterocycles. The summed E-state index contributed by atoms with van der Waals surface area (Å²) in [6.07, 6.45) is 3.56. The molecule has 1 fully saturated rings. The summed E-state index contributed by atoms with van der Waals surface area (Å²) < 4.78 is 12.0. The van der Waals surface area contributed by atoms with Gasteiger partial charge in [-0.05, 0) is 51.2 Å². The number of hydrogen-bond donors (Lipinski definition) is 3. The number of thiazole rings is 1. The SMILES string of the molecule is Cc1cccc(-c2nc(COC3CCCC(CC(O)c4sc(=O)[nH]c4O)C3)c(C)o2)c1. The number of H-pyrrole nitrogens is 1. The number of aromatic amines is 1. The number of benzene rings is 1. The van der Waals surface area contributed by atoms with E-state index in [4.69, 9.17) is 9.15 Å². The molecule has 3 atom stereocenters. The number of aryl methyl sites for hydroxylation is 2. The standard InChI is InChI=1S/C23H28N2O5S/c1-13-5-3-7-16(9-13)22-24-18(14(2)30-22)12-29-17-8-4-6-15(10-17)11-19(26)20-21(27)25-23(28)31-20/h3,5,7,9,15,17,19,26-27H,4,6,8,10-12H2,1-2H3,(H,25,28). The van der Waals surface area contributed by atoms with Crippen LogP contribution in [-0.4, -0.2) is 26.3 Å². The largest absolute Gasteiger partial charge is 0.494 e. The van der Waals surface area contributed by atoms with Crippen LogP contribution in [0, 0.1) is 19.8 Å². The van der Waals surface area contributed by atoms with E-state index in [0.717, 1.165) is 59.6 Å². The van der Waals surface area contributed by atoms with Crippen LogP contribution in [0.3, 0.4) is 0 Å². The Labute approximate surface area is 184 Å². The van der Waals surface area contributed by atoms with E-state index in [-0.39, 0.29) is 22.8 Å². The number of aromatic hydroxyl groups is 1. The van der Waals surface area contributed by atoms with E-state index in [1.807, 2.05) is 38.1 Å². The molecule has 0 radical (unpaired) electrons. The third-order valence-electron chi connectivity index (χ3n) is 5.86. The molecule has 0 bridgehead atoms. The van der Waals surface area contributed by atoms with E-state index in [1.54, 1.807) is 0 Å². The van der Waals surface area contributed by atoms with Crippen molar-refractivity contribution in [3.8, 4) is 17.3 Å². The molecule has 1 aliphatic carbocycles. The highest BCUT2D eigenvalue weighted by Crippen LogP contribution is 2.36. The molecular weight excluding hydrogens is 416 g/mol. The molecule has 2 heterocycles. The van der Waals surface area contributed by atoms with Crippen molar-refractivity contribution in [3.05, 3.63) is 55.8 Å². The lowest BCUT2D eigenvalue weighted by Gasteiger charge is -2.30. The van der Waals surface area contributed by atoms with Crippen LogP contribution in [0.4, 0.5) is 0 Å². The monoisotopic (exact) mass is 444 g/mol. The Hall–Kier alpha value is -2.42. The van der Waals surface area contributed by atoms with Gasteiger partial charge in [-0.1, -0.05) is 41.9 Å². The van der Waals surface area contributed by atoms with E-state index >= 15 is 0 Å². The molecule has 8 heteroatoms. The number of aliphatic hydroxyl groups is 1. The maximum atomic E-state index is 11.4. The predicted molar refractivity (Wildman–Crippen MR) is 118 cm³/mol. The molecule has 0 aliphatic heterocycles. The van der Waals surface area contributed by atoms with Gasteiger partial charge in [-0.3, -0.25) is 9.78 Å². The molecule has 3 N–H and O–H groups in total.